The van der Waals surface area contributed by atoms with Crippen molar-refractivity contribution >= 4 is 23.7 Å². The average molecular weight is 392 g/mol. The van der Waals surface area contributed by atoms with Gasteiger partial charge in [-0.25, -0.2) is 4.79 Å². The van der Waals surface area contributed by atoms with E-state index in [0.717, 1.165) is 5.56 Å². The number of hydrogen-bond acceptors (Lipinski definition) is 5. The number of hydrogen-bond donors (Lipinski definition) is 5. The molecule has 0 saturated carbocycles. The van der Waals surface area contributed by atoms with Crippen LogP contribution in [0, 0.1) is 5.92 Å². The predicted octanol–water partition coefficient (Wildman–Crippen LogP) is -0.596. The topological polar surface area (TPSA) is 151 Å². The van der Waals surface area contributed by atoms with Gasteiger partial charge in [-0.1, -0.05) is 44.2 Å². The molecule has 6 N–H and O–H groups in total. The lowest BCUT2D eigenvalue weighted by molar-refractivity contribution is -0.142. The molecule has 3 amide bonds. The summed E-state index contributed by atoms with van der Waals surface area (Å²) in [6.45, 7) is 3.12. The summed E-state index contributed by atoms with van der Waals surface area (Å²) in [6, 6.07) is 6.97. The van der Waals surface area contributed by atoms with Gasteiger partial charge in [-0.3, -0.25) is 14.4 Å². The smallest absolute Gasteiger partial charge is 0.326 e. The van der Waals surface area contributed by atoms with Gasteiger partial charge in [-0.15, -0.1) is 0 Å². The summed E-state index contributed by atoms with van der Waals surface area (Å²) >= 11 is 0. The minimum atomic E-state index is -1.14. The number of rotatable bonds is 11. The standard InChI is InChI=1S/C19H28N4O5/c1-12(2)8-15(19(27)28)23-18(26)14(9-13-6-4-3-5-7-13)22-17(25)11-21-16(24)10-20/h3-7,12,14-15H,8-11,20H2,1-2H3,(H,21,24)(H,22,25)(H,23,26)(H,27,28). The van der Waals surface area contributed by atoms with Gasteiger partial charge < -0.3 is 26.8 Å². The number of carbonyl (C=O) groups is 4. The van der Waals surface area contributed by atoms with Gasteiger partial charge in [0, 0.05) is 6.42 Å². The first-order chi connectivity index (χ1) is 13.2. The van der Waals surface area contributed by atoms with E-state index in [9.17, 15) is 24.3 Å². The zero-order valence-electron chi connectivity index (χ0n) is 16.1. The average Bonchev–Trinajstić information content (AvgIpc) is 2.65. The monoisotopic (exact) mass is 392 g/mol. The van der Waals surface area contributed by atoms with Gasteiger partial charge in [0.05, 0.1) is 13.1 Å². The first-order valence-electron chi connectivity index (χ1n) is 9.06. The van der Waals surface area contributed by atoms with Crippen molar-refractivity contribution in [1.29, 1.82) is 0 Å². The number of carboxylic acid groups (broad SMARTS) is 1. The van der Waals surface area contributed by atoms with Gasteiger partial charge in [-0.2, -0.15) is 0 Å². The molecule has 28 heavy (non-hydrogen) atoms. The molecule has 1 aromatic rings. The molecule has 1 rings (SSSR count). The van der Waals surface area contributed by atoms with E-state index in [-0.39, 0.29) is 31.8 Å². The second kappa shape index (κ2) is 11.7. The summed E-state index contributed by atoms with van der Waals surface area (Å²) in [7, 11) is 0. The number of nitrogens with one attached hydrogen (secondary N) is 3. The van der Waals surface area contributed by atoms with Gasteiger partial charge in [-0.05, 0) is 17.9 Å². The molecule has 0 aromatic heterocycles. The second-order valence-corrected chi connectivity index (χ2v) is 6.82. The van der Waals surface area contributed by atoms with Crippen LogP contribution in [-0.2, 0) is 25.6 Å². The van der Waals surface area contributed by atoms with Crippen molar-refractivity contribution < 1.29 is 24.3 Å². The van der Waals surface area contributed by atoms with E-state index < -0.39 is 35.8 Å². The van der Waals surface area contributed by atoms with Crippen LogP contribution in [0.2, 0.25) is 0 Å². The van der Waals surface area contributed by atoms with Gasteiger partial charge in [0.2, 0.25) is 17.7 Å². The third-order valence-electron chi connectivity index (χ3n) is 3.89. The minimum absolute atomic E-state index is 0.0649. The van der Waals surface area contributed by atoms with Crippen LogP contribution in [0.15, 0.2) is 30.3 Å². The van der Waals surface area contributed by atoms with E-state index in [1.807, 2.05) is 19.9 Å². The lowest BCUT2D eigenvalue weighted by Gasteiger charge is -2.22. The molecular formula is C19H28N4O5. The van der Waals surface area contributed by atoms with Crippen molar-refractivity contribution in [3.63, 3.8) is 0 Å². The summed E-state index contributed by atoms with van der Waals surface area (Å²) in [4.78, 5) is 47.4. The Morgan fingerprint density at radius 3 is 2.18 bits per heavy atom. The van der Waals surface area contributed by atoms with E-state index in [4.69, 9.17) is 5.73 Å². The summed E-state index contributed by atoms with van der Waals surface area (Å²) < 4.78 is 0. The van der Waals surface area contributed by atoms with Crippen molar-refractivity contribution in [1.82, 2.24) is 16.0 Å². The van der Waals surface area contributed by atoms with Crippen molar-refractivity contribution in [3.8, 4) is 0 Å². The lowest BCUT2D eigenvalue weighted by Crippen LogP contribution is -2.54. The fraction of sp³-hybridized carbons (Fsp3) is 0.474. The van der Waals surface area contributed by atoms with Crippen LogP contribution in [0.25, 0.3) is 0 Å². The minimum Gasteiger partial charge on any atom is -0.480 e. The Labute approximate surface area is 164 Å². The highest BCUT2D eigenvalue weighted by molar-refractivity contribution is 5.92. The third-order valence-corrected chi connectivity index (χ3v) is 3.89. The zero-order valence-corrected chi connectivity index (χ0v) is 16.1. The van der Waals surface area contributed by atoms with Crippen molar-refractivity contribution in [2.75, 3.05) is 13.1 Å². The largest absolute Gasteiger partial charge is 0.480 e. The molecule has 9 heteroatoms. The van der Waals surface area contributed by atoms with Crippen LogP contribution >= 0.6 is 0 Å². The maximum absolute atomic E-state index is 12.7. The summed E-state index contributed by atoms with van der Waals surface area (Å²) in [5, 5.41) is 16.7. The molecular weight excluding hydrogens is 364 g/mol. The van der Waals surface area contributed by atoms with E-state index in [1.54, 1.807) is 24.3 Å². The van der Waals surface area contributed by atoms with E-state index in [2.05, 4.69) is 16.0 Å². The first kappa shape index (κ1) is 23.1. The molecule has 0 bridgehead atoms. The molecule has 154 valence electrons. The third kappa shape index (κ3) is 8.63. The van der Waals surface area contributed by atoms with Crippen LogP contribution in [-0.4, -0.2) is 54.0 Å². The SMILES string of the molecule is CC(C)CC(NC(=O)C(Cc1ccccc1)NC(=O)CNC(=O)CN)C(=O)O. The Hall–Kier alpha value is -2.94. The molecule has 0 aliphatic rings. The maximum atomic E-state index is 12.7. The molecule has 2 atom stereocenters. The first-order valence-corrected chi connectivity index (χ1v) is 9.06. The van der Waals surface area contributed by atoms with E-state index >= 15 is 0 Å². The van der Waals surface area contributed by atoms with E-state index in [1.165, 1.54) is 0 Å². The Morgan fingerprint density at radius 2 is 1.64 bits per heavy atom. The molecule has 1 aromatic carbocycles. The van der Waals surface area contributed by atoms with Crippen LogP contribution in [0.1, 0.15) is 25.8 Å². The zero-order chi connectivity index (χ0) is 21.1. The highest BCUT2D eigenvalue weighted by atomic mass is 16.4. The molecule has 0 saturated heterocycles. The van der Waals surface area contributed by atoms with Crippen molar-refractivity contribution in [3.05, 3.63) is 35.9 Å². The highest BCUT2D eigenvalue weighted by Gasteiger charge is 2.27. The quantitative estimate of drug-likeness (QED) is 0.339. The number of benzene rings is 1. The maximum Gasteiger partial charge on any atom is 0.326 e. The van der Waals surface area contributed by atoms with Gasteiger partial charge >= 0.3 is 5.97 Å². The summed E-state index contributed by atoms with van der Waals surface area (Å²) in [5.74, 6) is -2.75. The van der Waals surface area contributed by atoms with E-state index in [0.29, 0.717) is 0 Å². The Balaban J connectivity index is 2.86. The number of aliphatic carboxylic acids is 1. The fourth-order valence-electron chi connectivity index (χ4n) is 2.52. The van der Waals surface area contributed by atoms with Crippen LogP contribution in [0.3, 0.4) is 0 Å². The molecule has 9 nitrogen and oxygen atoms in total. The molecule has 0 fully saturated rings. The van der Waals surface area contributed by atoms with Gasteiger partial charge in [0.1, 0.15) is 12.1 Å². The summed E-state index contributed by atoms with van der Waals surface area (Å²) in [5.41, 5.74) is 5.97. The number of carboxylic acids is 1. The number of amides is 3. The number of carbonyl (C=O) groups excluding carboxylic acids is 3. The van der Waals surface area contributed by atoms with Crippen LogP contribution < -0.4 is 21.7 Å². The van der Waals surface area contributed by atoms with Gasteiger partial charge in [0.25, 0.3) is 0 Å². The van der Waals surface area contributed by atoms with Gasteiger partial charge in [0.15, 0.2) is 0 Å². The lowest BCUT2D eigenvalue weighted by atomic mass is 10.0. The number of nitrogens with two attached hydrogens (primary N) is 1. The molecule has 0 spiro atoms. The fourth-order valence-corrected chi connectivity index (χ4v) is 2.52. The molecule has 0 aliphatic carbocycles. The van der Waals surface area contributed by atoms with Crippen LogP contribution in [0.5, 0.6) is 0 Å². The summed E-state index contributed by atoms with van der Waals surface area (Å²) in [6.07, 6.45) is 0.441. The second-order valence-electron chi connectivity index (χ2n) is 6.82. The Morgan fingerprint density at radius 1 is 1.00 bits per heavy atom. The van der Waals surface area contributed by atoms with Crippen LogP contribution in [0.4, 0.5) is 0 Å². The Kier molecular flexibility index (Phi) is 9.66. The Bertz CT molecular complexity index is 678. The molecule has 0 heterocycles. The van der Waals surface area contributed by atoms with Crippen molar-refractivity contribution in [2.45, 2.75) is 38.8 Å². The molecule has 0 radical (unpaired) electrons. The molecule has 2 unspecified atom stereocenters. The normalized spacial score (nSPS) is 12.7. The predicted molar refractivity (Wildman–Crippen MR) is 103 cm³/mol. The van der Waals surface area contributed by atoms with Crippen molar-refractivity contribution in [2.24, 2.45) is 11.7 Å². The highest BCUT2D eigenvalue weighted by Crippen LogP contribution is 2.07. The molecule has 0 aliphatic heterocycles.